The van der Waals surface area contributed by atoms with Crippen LogP contribution in [0.2, 0.25) is 0 Å². The number of carbonyl (C=O) groups is 2. The first-order valence-electron chi connectivity index (χ1n) is 21.4. The van der Waals surface area contributed by atoms with Gasteiger partial charge in [-0.2, -0.15) is 0 Å². The summed E-state index contributed by atoms with van der Waals surface area (Å²) in [6, 6.07) is 0. The predicted octanol–water partition coefficient (Wildman–Crippen LogP) is 11.9. The number of ether oxygens (including phenoxy) is 2. The molecule has 9 nitrogen and oxygen atoms in total. The van der Waals surface area contributed by atoms with Crippen molar-refractivity contribution in [1.82, 2.24) is 0 Å². The van der Waals surface area contributed by atoms with Crippen molar-refractivity contribution >= 4 is 19.6 Å². The predicted molar refractivity (Wildman–Crippen MR) is 224 cm³/mol. The van der Waals surface area contributed by atoms with E-state index < -0.39 is 13.9 Å². The first-order chi connectivity index (χ1) is 26.0. The van der Waals surface area contributed by atoms with E-state index in [9.17, 15) is 19.0 Å². The summed E-state index contributed by atoms with van der Waals surface area (Å²) in [5, 5.41) is 0. The van der Waals surface area contributed by atoms with Gasteiger partial charge in [-0.1, -0.05) is 121 Å². The van der Waals surface area contributed by atoms with E-state index in [1.807, 2.05) is 39.4 Å². The second-order valence-corrected chi connectivity index (χ2v) is 16.9. The Hall–Kier alpha value is -2.03. The molecule has 0 saturated heterocycles. The molecule has 0 amide bonds. The molecule has 10 heteroatoms. The zero-order valence-electron chi connectivity index (χ0n) is 35.2. The molecule has 1 unspecified atom stereocenters. The van der Waals surface area contributed by atoms with Crippen molar-refractivity contribution in [3.63, 3.8) is 0 Å². The van der Waals surface area contributed by atoms with Gasteiger partial charge in [0.15, 0.2) is 11.9 Å². The summed E-state index contributed by atoms with van der Waals surface area (Å²) in [6.45, 7) is 4.69. The van der Waals surface area contributed by atoms with E-state index in [4.69, 9.17) is 18.5 Å². The minimum atomic E-state index is -4.29. The number of nitrogens with zero attached hydrogens (tertiary/aromatic N) is 1. The molecule has 0 aliphatic carbocycles. The van der Waals surface area contributed by atoms with Gasteiger partial charge < -0.3 is 18.9 Å². The van der Waals surface area contributed by atoms with Crippen LogP contribution in [-0.4, -0.2) is 74.7 Å². The van der Waals surface area contributed by atoms with Crippen molar-refractivity contribution in [3.05, 3.63) is 48.8 Å². The number of phosphoric ester groups is 1. The van der Waals surface area contributed by atoms with Gasteiger partial charge in [0.2, 0.25) is 0 Å². The monoisotopic (exact) mass is 783 g/mol. The lowest BCUT2D eigenvalue weighted by atomic mass is 10.1. The van der Waals surface area contributed by atoms with E-state index in [0.29, 0.717) is 23.9 Å². The van der Waals surface area contributed by atoms with E-state index in [1.54, 1.807) is 12.3 Å². The van der Waals surface area contributed by atoms with Crippen LogP contribution in [0.25, 0.3) is 0 Å². The van der Waals surface area contributed by atoms with Crippen LogP contribution in [0.5, 0.6) is 0 Å². The zero-order valence-corrected chi connectivity index (χ0v) is 36.1. The number of unbranched alkanes of at least 4 members (excludes halogenated alkanes) is 18. The van der Waals surface area contributed by atoms with Crippen LogP contribution in [0.3, 0.4) is 0 Å². The number of carbonyl (C=O) groups excluding carboxylic acids is 2. The third kappa shape index (κ3) is 39.7. The highest BCUT2D eigenvalue weighted by atomic mass is 31.2. The summed E-state index contributed by atoms with van der Waals surface area (Å²) in [5.41, 5.74) is 0. The molecule has 0 aliphatic rings. The lowest BCUT2D eigenvalue weighted by Crippen LogP contribution is -2.37. The average Bonchev–Trinajstić information content (AvgIpc) is 3.12. The number of ketones is 1. The Kier molecular flexibility index (Phi) is 35.2. The fourth-order valence-corrected chi connectivity index (χ4v) is 6.19. The van der Waals surface area contributed by atoms with Gasteiger partial charge in [0.1, 0.15) is 19.8 Å². The van der Waals surface area contributed by atoms with E-state index in [-0.39, 0.29) is 38.0 Å². The van der Waals surface area contributed by atoms with Gasteiger partial charge >= 0.3 is 13.8 Å². The van der Waals surface area contributed by atoms with Crippen LogP contribution in [0.4, 0.5) is 0 Å². The highest BCUT2D eigenvalue weighted by molar-refractivity contribution is 7.47. The molecule has 0 rings (SSSR count). The number of hydrogen-bond acceptors (Lipinski definition) is 7. The van der Waals surface area contributed by atoms with Crippen LogP contribution >= 0.6 is 7.82 Å². The summed E-state index contributed by atoms with van der Waals surface area (Å²) >= 11 is 0. The molecule has 0 fully saturated rings. The van der Waals surface area contributed by atoms with E-state index in [2.05, 4.69) is 32.1 Å². The molecule has 0 spiro atoms. The Morgan fingerprint density at radius 1 is 0.630 bits per heavy atom. The standard InChI is InChI=1S/C44H80NO8P/c1-6-8-10-12-14-15-16-17-18-19-20-21-22-24-29-33-38-50-43(41-53-54(48,49)52-39-37-45(3,4)5)40-51-44(47)36-32-28-25-27-31-35-42(46)34-30-26-23-13-11-9-7-2/h15-16,23,26,30,33-34,38,43H,6-14,17-22,24-25,27-29,31-32,35-37,39-41H2,1-5H3/p+1/b16-15-,26-23-,34-30+,38-33+/t43-/m1/s1. The number of rotatable bonds is 39. The second-order valence-electron chi connectivity index (χ2n) is 15.5. The molecule has 2 atom stereocenters. The molecule has 0 aliphatic heterocycles. The third-order valence-corrected chi connectivity index (χ3v) is 9.91. The maximum Gasteiger partial charge on any atom is 0.472 e. The summed E-state index contributed by atoms with van der Waals surface area (Å²) in [5.74, 6) is -0.200. The molecular weight excluding hydrogens is 701 g/mol. The molecule has 54 heavy (non-hydrogen) atoms. The van der Waals surface area contributed by atoms with Gasteiger partial charge in [-0.05, 0) is 76.4 Å². The van der Waals surface area contributed by atoms with Gasteiger partial charge in [0, 0.05) is 12.8 Å². The molecule has 0 aromatic heterocycles. The summed E-state index contributed by atoms with van der Waals surface area (Å²) in [6.07, 6.45) is 40.6. The molecule has 0 heterocycles. The maximum absolute atomic E-state index is 12.5. The number of hydrogen-bond donors (Lipinski definition) is 1. The molecule has 0 aromatic carbocycles. The Bertz CT molecular complexity index is 1070. The van der Waals surface area contributed by atoms with Crippen molar-refractivity contribution in [3.8, 4) is 0 Å². The van der Waals surface area contributed by atoms with Crippen molar-refractivity contribution < 1.29 is 42.1 Å². The van der Waals surface area contributed by atoms with Gasteiger partial charge in [-0.25, -0.2) is 4.57 Å². The Balaban J connectivity index is 4.40. The Morgan fingerprint density at radius 3 is 1.78 bits per heavy atom. The number of allylic oxidation sites excluding steroid dienone is 7. The van der Waals surface area contributed by atoms with Crippen molar-refractivity contribution in [1.29, 1.82) is 0 Å². The summed E-state index contributed by atoms with van der Waals surface area (Å²) in [7, 11) is 1.60. The van der Waals surface area contributed by atoms with Crippen molar-refractivity contribution in [2.75, 3.05) is 47.5 Å². The highest BCUT2D eigenvalue weighted by Crippen LogP contribution is 2.43. The molecule has 314 valence electrons. The maximum atomic E-state index is 12.5. The van der Waals surface area contributed by atoms with Crippen LogP contribution in [-0.2, 0) is 32.7 Å². The highest BCUT2D eigenvalue weighted by Gasteiger charge is 2.25. The number of quaternary nitrogens is 1. The summed E-state index contributed by atoms with van der Waals surface area (Å²) < 4.78 is 34.6. The lowest BCUT2D eigenvalue weighted by molar-refractivity contribution is -0.870. The third-order valence-electron chi connectivity index (χ3n) is 8.93. The fourth-order valence-electron chi connectivity index (χ4n) is 5.45. The zero-order chi connectivity index (χ0) is 40.0. The second kappa shape index (κ2) is 36.6. The average molecular weight is 783 g/mol. The molecule has 0 radical (unpaired) electrons. The SMILES string of the molecule is CCCCC/C=C\C=C\C(=O)CCCCCCCC(=O)OC[C@H](COP(=O)(O)OCC[N+](C)(C)C)O/C=C/CCCCCCCC/C=C\CCCCCC. The van der Waals surface area contributed by atoms with Gasteiger partial charge in [0.05, 0.1) is 34.0 Å². The van der Waals surface area contributed by atoms with E-state index in [1.165, 1.54) is 83.5 Å². The van der Waals surface area contributed by atoms with Crippen molar-refractivity contribution in [2.45, 2.75) is 174 Å². The lowest BCUT2D eigenvalue weighted by Gasteiger charge is -2.24. The first kappa shape index (κ1) is 52.0. The Morgan fingerprint density at radius 2 is 1.15 bits per heavy atom. The van der Waals surface area contributed by atoms with Crippen LogP contribution < -0.4 is 0 Å². The van der Waals surface area contributed by atoms with Gasteiger partial charge in [-0.3, -0.25) is 18.6 Å². The normalized spacial score (nSPS) is 14.1. The Labute approximate surface area is 331 Å². The van der Waals surface area contributed by atoms with E-state index >= 15 is 0 Å². The smallest absolute Gasteiger partial charge is 0.472 e. The molecule has 0 aromatic rings. The van der Waals surface area contributed by atoms with Crippen molar-refractivity contribution in [2.24, 2.45) is 0 Å². The van der Waals surface area contributed by atoms with Crippen LogP contribution in [0.1, 0.15) is 168 Å². The molecule has 1 N–H and O–H groups in total. The molecular formula is C44H81NO8P+. The summed E-state index contributed by atoms with van der Waals surface area (Å²) in [4.78, 5) is 34.7. The van der Waals surface area contributed by atoms with Crippen LogP contribution in [0, 0.1) is 0 Å². The van der Waals surface area contributed by atoms with Gasteiger partial charge in [0.25, 0.3) is 0 Å². The van der Waals surface area contributed by atoms with Gasteiger partial charge in [-0.15, -0.1) is 0 Å². The topological polar surface area (TPSA) is 108 Å². The number of phosphoric acid groups is 1. The quantitative estimate of drug-likeness (QED) is 0.00959. The molecule has 0 saturated carbocycles. The minimum absolute atomic E-state index is 0.0676. The van der Waals surface area contributed by atoms with E-state index in [0.717, 1.165) is 51.4 Å². The largest absolute Gasteiger partial charge is 0.492 e. The van der Waals surface area contributed by atoms with Crippen LogP contribution in [0.15, 0.2) is 48.8 Å². The minimum Gasteiger partial charge on any atom is -0.492 e. The number of likely N-dealkylation sites (N-methyl/N-ethyl adjacent to an activating group) is 1. The molecule has 0 bridgehead atoms. The number of esters is 1. The fraction of sp³-hybridized carbons (Fsp3) is 0.773. The first-order valence-corrected chi connectivity index (χ1v) is 22.9.